The molecule has 2 aromatic rings. The number of methoxy groups -OCH3 is 2. The van der Waals surface area contributed by atoms with Crippen LogP contribution in [0.4, 0.5) is 0 Å². The summed E-state index contributed by atoms with van der Waals surface area (Å²) >= 11 is 5.45. The van der Waals surface area contributed by atoms with Crippen LogP contribution in [0.15, 0.2) is 48.5 Å². The molecule has 2 rings (SSSR count). The molecule has 0 aliphatic heterocycles. The van der Waals surface area contributed by atoms with Crippen molar-refractivity contribution >= 4 is 25.1 Å². The highest BCUT2D eigenvalue weighted by molar-refractivity contribution is 7.96. The van der Waals surface area contributed by atoms with Crippen molar-refractivity contribution < 1.29 is 28.8 Å². The van der Waals surface area contributed by atoms with Gasteiger partial charge in [-0.05, 0) is 55.0 Å². The molecular weight excluding hydrogens is 425 g/mol. The highest BCUT2D eigenvalue weighted by Crippen LogP contribution is 2.36. The molecule has 7 nitrogen and oxygen atoms in total. The molecule has 9 heteroatoms. The number of ether oxygens (including phenoxy) is 4. The number of aliphatic carboxylic acids is 1. The summed E-state index contributed by atoms with van der Waals surface area (Å²) in [5.74, 6) is 1.36. The minimum absolute atomic E-state index is 0.268. The molecule has 162 valence electrons. The van der Waals surface area contributed by atoms with Gasteiger partial charge in [-0.25, -0.2) is 0 Å². The molecule has 0 amide bonds. The Balaban J connectivity index is 2.43. The first kappa shape index (κ1) is 23.9. The van der Waals surface area contributed by atoms with Crippen molar-refractivity contribution in [2.45, 2.75) is 25.4 Å². The van der Waals surface area contributed by atoms with E-state index in [1.165, 1.54) is 0 Å². The molecular formula is C21H27NO6PS+. The van der Waals surface area contributed by atoms with Gasteiger partial charge in [0, 0.05) is 6.54 Å². The first-order valence-corrected chi connectivity index (χ1v) is 11.6. The highest BCUT2D eigenvalue weighted by Gasteiger charge is 2.50. The number of unbranched alkanes of at least 4 members (excludes halogenated alkanes) is 1. The second-order valence-electron chi connectivity index (χ2n) is 6.41. The van der Waals surface area contributed by atoms with Crippen molar-refractivity contribution in [3.05, 3.63) is 48.5 Å². The fourth-order valence-corrected chi connectivity index (χ4v) is 3.98. The van der Waals surface area contributed by atoms with Crippen LogP contribution < -0.4 is 18.9 Å². The average molecular weight is 452 g/mol. The standard InChI is InChI=1S/C21H26NO6PS/c1-4-5-14-22(15-20(23)24)21(29-30,27-18-10-6-16(25-2)7-11-18)28-19-12-8-17(26-3)9-13-19/h6-13H,4-5,14-15H2,1-3H3,(H,23,24)/p+1. The second kappa shape index (κ2) is 11.7. The van der Waals surface area contributed by atoms with Crippen LogP contribution in [-0.4, -0.2) is 48.9 Å². The lowest BCUT2D eigenvalue weighted by Gasteiger charge is -2.33. The summed E-state index contributed by atoms with van der Waals surface area (Å²) in [6.45, 7) is 2.22. The molecule has 0 heterocycles. The molecule has 1 unspecified atom stereocenters. The molecule has 0 saturated heterocycles. The van der Waals surface area contributed by atoms with Gasteiger partial charge in [0.25, 0.3) is 7.36 Å². The third kappa shape index (κ3) is 6.55. The molecule has 0 aromatic heterocycles. The molecule has 1 atom stereocenters. The van der Waals surface area contributed by atoms with Crippen LogP contribution in [-0.2, 0) is 16.6 Å². The first-order valence-electron chi connectivity index (χ1n) is 9.48. The summed E-state index contributed by atoms with van der Waals surface area (Å²) in [7, 11) is 2.86. The summed E-state index contributed by atoms with van der Waals surface area (Å²) < 4.78 is 22.8. The lowest BCUT2D eigenvalue weighted by molar-refractivity contribution is -0.167. The van der Waals surface area contributed by atoms with Crippen molar-refractivity contribution in [2.75, 3.05) is 27.3 Å². The molecule has 0 spiro atoms. The number of carboxylic acid groups (broad SMARTS) is 1. The van der Waals surface area contributed by atoms with Crippen molar-refractivity contribution in [2.24, 2.45) is 0 Å². The predicted octanol–water partition coefficient (Wildman–Crippen LogP) is 4.10. The van der Waals surface area contributed by atoms with Gasteiger partial charge < -0.3 is 24.1 Å². The molecule has 2 aromatic carbocycles. The van der Waals surface area contributed by atoms with E-state index in [9.17, 15) is 9.90 Å². The van der Waals surface area contributed by atoms with E-state index in [1.54, 1.807) is 67.7 Å². The van der Waals surface area contributed by atoms with Gasteiger partial charge in [-0.15, -0.1) is 0 Å². The Bertz CT molecular complexity index is 766. The molecule has 0 radical (unpaired) electrons. The van der Waals surface area contributed by atoms with Gasteiger partial charge in [0.2, 0.25) is 0 Å². The monoisotopic (exact) mass is 452 g/mol. The largest absolute Gasteiger partial charge is 0.497 e. The Morgan fingerprint density at radius 3 is 1.73 bits per heavy atom. The number of carbonyl (C=O) groups is 1. The van der Waals surface area contributed by atoms with E-state index in [0.717, 1.165) is 12.8 Å². The zero-order chi connectivity index (χ0) is 22.0. The minimum atomic E-state index is -1.45. The average Bonchev–Trinajstić information content (AvgIpc) is 2.77. The zero-order valence-electron chi connectivity index (χ0n) is 17.3. The van der Waals surface area contributed by atoms with Crippen molar-refractivity contribution in [1.82, 2.24) is 4.90 Å². The fourth-order valence-electron chi connectivity index (χ4n) is 2.71. The first-order chi connectivity index (χ1) is 14.5. The van der Waals surface area contributed by atoms with Crippen molar-refractivity contribution in [3.8, 4) is 23.0 Å². The van der Waals surface area contributed by atoms with Gasteiger partial charge >= 0.3 is 11.6 Å². The third-order valence-electron chi connectivity index (χ3n) is 4.28. The summed E-state index contributed by atoms with van der Waals surface area (Å²) in [5.41, 5.74) is -1.45. The Morgan fingerprint density at radius 1 is 0.967 bits per heavy atom. The molecule has 0 aliphatic carbocycles. The van der Waals surface area contributed by atoms with E-state index < -0.39 is 11.6 Å². The lowest BCUT2D eigenvalue weighted by Crippen LogP contribution is -2.55. The molecule has 1 N–H and O–H groups in total. The summed E-state index contributed by atoms with van der Waals surface area (Å²) in [6.07, 6.45) is 1.66. The number of nitrogens with zero attached hydrogens (tertiary/aromatic N) is 1. The van der Waals surface area contributed by atoms with E-state index in [-0.39, 0.29) is 13.9 Å². The molecule has 30 heavy (non-hydrogen) atoms. The van der Waals surface area contributed by atoms with E-state index in [4.69, 9.17) is 30.8 Å². The van der Waals surface area contributed by atoms with Gasteiger partial charge in [0.15, 0.2) is 11.8 Å². The summed E-state index contributed by atoms with van der Waals surface area (Å²) in [6, 6.07) is 14.0. The molecule has 0 fully saturated rings. The van der Waals surface area contributed by atoms with E-state index in [0.29, 0.717) is 29.5 Å². The summed E-state index contributed by atoms with van der Waals surface area (Å²) in [5, 5.41) is 9.49. The third-order valence-corrected chi connectivity index (χ3v) is 5.84. The summed E-state index contributed by atoms with van der Waals surface area (Å²) in [4.78, 5) is 13.2. The van der Waals surface area contributed by atoms with Crippen LogP contribution >= 0.6 is 7.36 Å². The molecule has 0 saturated carbocycles. The van der Waals surface area contributed by atoms with Crippen LogP contribution in [0.1, 0.15) is 19.8 Å². The maximum Gasteiger partial charge on any atom is 0.497 e. The van der Waals surface area contributed by atoms with Gasteiger partial charge in [-0.1, -0.05) is 13.3 Å². The molecule has 0 aliphatic rings. The number of hydrogen-bond donors (Lipinski definition) is 1. The van der Waals surface area contributed by atoms with Crippen LogP contribution in [0, 0.1) is 0 Å². The van der Waals surface area contributed by atoms with Gasteiger partial charge in [0.05, 0.1) is 14.2 Å². The Labute approximate surface area is 183 Å². The Kier molecular flexibility index (Phi) is 9.30. The smallest absolute Gasteiger partial charge is 0.497 e. The van der Waals surface area contributed by atoms with Gasteiger partial charge in [-0.2, -0.15) is 4.90 Å². The predicted molar refractivity (Wildman–Crippen MR) is 120 cm³/mol. The number of carboxylic acids is 1. The number of benzene rings is 2. The van der Waals surface area contributed by atoms with E-state index in [1.807, 2.05) is 6.92 Å². The van der Waals surface area contributed by atoms with Crippen LogP contribution in [0.2, 0.25) is 0 Å². The van der Waals surface area contributed by atoms with Gasteiger partial charge in [-0.3, -0.25) is 4.79 Å². The normalized spacial score (nSPS) is 11.3. The quantitative estimate of drug-likeness (QED) is 0.360. The highest BCUT2D eigenvalue weighted by atomic mass is 32.4. The zero-order valence-corrected chi connectivity index (χ0v) is 19.1. The SMILES string of the molecule is CCCCN(CC(=O)O)C(Oc1ccc(OC)cc1)(Oc1ccc(OC)cc1)[PH+]=S. The maximum absolute atomic E-state index is 11.6. The van der Waals surface area contributed by atoms with E-state index in [2.05, 4.69) is 0 Å². The fraction of sp³-hybridized carbons (Fsp3) is 0.381. The van der Waals surface area contributed by atoms with Crippen molar-refractivity contribution in [3.63, 3.8) is 0 Å². The van der Waals surface area contributed by atoms with Gasteiger partial charge in [0.1, 0.15) is 29.5 Å². The Morgan fingerprint density at radius 2 is 1.40 bits per heavy atom. The topological polar surface area (TPSA) is 77.5 Å². The number of hydrogen-bond acceptors (Lipinski definition) is 7. The maximum atomic E-state index is 11.6. The minimum Gasteiger partial charge on any atom is -0.497 e. The van der Waals surface area contributed by atoms with Crippen LogP contribution in [0.25, 0.3) is 0 Å². The van der Waals surface area contributed by atoms with E-state index >= 15 is 0 Å². The van der Waals surface area contributed by atoms with Crippen LogP contribution in [0.5, 0.6) is 23.0 Å². The second-order valence-corrected chi connectivity index (χ2v) is 7.86. The molecule has 0 bridgehead atoms. The van der Waals surface area contributed by atoms with Crippen LogP contribution in [0.3, 0.4) is 0 Å². The lowest BCUT2D eigenvalue weighted by atomic mass is 10.3. The van der Waals surface area contributed by atoms with Crippen molar-refractivity contribution in [1.29, 1.82) is 0 Å². The number of rotatable bonds is 13. The Hall–Kier alpha value is -2.41.